The van der Waals surface area contributed by atoms with Crippen molar-refractivity contribution in [3.05, 3.63) is 47.1 Å². The Hall–Kier alpha value is -2.25. The first kappa shape index (κ1) is 16.6. The molecule has 1 atom stereocenters. The van der Waals surface area contributed by atoms with Gasteiger partial charge in [0.25, 0.3) is 0 Å². The molecule has 1 aliphatic rings. The second kappa shape index (κ2) is 7.11. The average Bonchev–Trinajstić information content (AvgIpc) is 3.00. The van der Waals surface area contributed by atoms with E-state index in [1.807, 2.05) is 36.1 Å². The number of aromatic nitrogens is 2. The van der Waals surface area contributed by atoms with Gasteiger partial charge in [0.05, 0.1) is 6.54 Å². The Morgan fingerprint density at radius 2 is 1.88 bits per heavy atom. The number of carbonyl (C=O) groups excluding carboxylic acids is 1. The van der Waals surface area contributed by atoms with Crippen LogP contribution in [0.1, 0.15) is 28.9 Å². The number of hydrogen-bond donors (Lipinski definition) is 1. The van der Waals surface area contributed by atoms with Crippen LogP contribution in [-0.2, 0) is 11.3 Å². The molecule has 1 unspecified atom stereocenters. The van der Waals surface area contributed by atoms with Crippen molar-refractivity contribution in [3.63, 3.8) is 0 Å². The van der Waals surface area contributed by atoms with Gasteiger partial charge in [-0.3, -0.25) is 9.69 Å². The molecule has 1 fully saturated rings. The van der Waals surface area contributed by atoms with E-state index in [1.165, 1.54) is 0 Å². The number of amides is 1. The Kier molecular flexibility index (Phi) is 4.92. The fraction of sp³-hybridized carbons (Fsp3) is 0.471. The predicted molar refractivity (Wildman–Crippen MR) is 89.0 cm³/mol. The number of hydrogen-bond acceptors (Lipinski definition) is 6. The van der Waals surface area contributed by atoms with Crippen LogP contribution < -0.4 is 5.73 Å². The normalized spacial score (nSPS) is 17.0. The van der Waals surface area contributed by atoms with Crippen molar-refractivity contribution in [2.24, 2.45) is 5.73 Å². The maximum atomic E-state index is 12.6. The Bertz CT molecular complexity index is 689. The lowest BCUT2D eigenvalue weighted by Crippen LogP contribution is -2.50. The monoisotopic (exact) mass is 329 g/mol. The van der Waals surface area contributed by atoms with Crippen LogP contribution in [0, 0.1) is 13.8 Å². The minimum atomic E-state index is -0.600. The van der Waals surface area contributed by atoms with Gasteiger partial charge >= 0.3 is 0 Å². The van der Waals surface area contributed by atoms with E-state index in [-0.39, 0.29) is 5.91 Å². The minimum absolute atomic E-state index is 0.0195. The number of carbonyl (C=O) groups is 1. The third-order valence-electron chi connectivity index (χ3n) is 4.32. The molecule has 128 valence electrons. The molecule has 0 radical (unpaired) electrons. The summed E-state index contributed by atoms with van der Waals surface area (Å²) in [5.74, 6) is 1.24. The van der Waals surface area contributed by atoms with Crippen LogP contribution in [0.3, 0.4) is 0 Å². The van der Waals surface area contributed by atoms with E-state index in [0.29, 0.717) is 31.3 Å². The highest BCUT2D eigenvalue weighted by molar-refractivity contribution is 5.83. The maximum Gasteiger partial charge on any atom is 0.244 e. The molecule has 7 nitrogen and oxygen atoms in total. The smallest absolute Gasteiger partial charge is 0.244 e. The van der Waals surface area contributed by atoms with E-state index in [0.717, 1.165) is 24.2 Å². The third kappa shape index (κ3) is 3.80. The second-order valence-electron chi connectivity index (χ2n) is 6.22. The van der Waals surface area contributed by atoms with Gasteiger partial charge in [-0.15, -0.1) is 0 Å². The third-order valence-corrected chi connectivity index (χ3v) is 4.32. The summed E-state index contributed by atoms with van der Waals surface area (Å²) in [7, 11) is 0. The van der Waals surface area contributed by atoms with Crippen LogP contribution in [-0.4, -0.2) is 52.0 Å². The molecule has 1 amide bonds. The quantitative estimate of drug-likeness (QED) is 0.901. The van der Waals surface area contributed by atoms with Gasteiger partial charge in [-0.25, -0.2) is 0 Å². The van der Waals surface area contributed by atoms with E-state index >= 15 is 0 Å². The first-order valence-corrected chi connectivity index (χ1v) is 8.15. The van der Waals surface area contributed by atoms with Crippen LogP contribution in [0.5, 0.6) is 0 Å². The molecule has 0 aliphatic carbocycles. The zero-order valence-electron chi connectivity index (χ0n) is 14.1. The number of benzene rings is 1. The summed E-state index contributed by atoms with van der Waals surface area (Å²) in [5.41, 5.74) is 8.16. The van der Waals surface area contributed by atoms with E-state index in [1.54, 1.807) is 6.92 Å². The number of nitrogens with two attached hydrogens (primary N) is 1. The van der Waals surface area contributed by atoms with Crippen LogP contribution in [0.25, 0.3) is 0 Å². The van der Waals surface area contributed by atoms with Gasteiger partial charge in [0.1, 0.15) is 6.04 Å². The SMILES string of the molecule is Cc1ccc(C(N)C(=O)N2CCN(Cc3noc(C)n3)CC2)cc1. The first-order chi connectivity index (χ1) is 11.5. The molecule has 0 saturated carbocycles. The van der Waals surface area contributed by atoms with E-state index in [9.17, 15) is 4.79 Å². The van der Waals surface area contributed by atoms with Crippen molar-refractivity contribution < 1.29 is 9.32 Å². The molecule has 2 heterocycles. The number of aryl methyl sites for hydroxylation is 2. The topological polar surface area (TPSA) is 88.5 Å². The number of piperazine rings is 1. The molecular formula is C17H23N5O2. The molecule has 1 aromatic carbocycles. The second-order valence-corrected chi connectivity index (χ2v) is 6.22. The number of nitrogens with zero attached hydrogens (tertiary/aromatic N) is 4. The highest BCUT2D eigenvalue weighted by Gasteiger charge is 2.26. The fourth-order valence-electron chi connectivity index (χ4n) is 2.84. The van der Waals surface area contributed by atoms with Gasteiger partial charge in [0.2, 0.25) is 11.8 Å². The summed E-state index contributed by atoms with van der Waals surface area (Å²) in [6.07, 6.45) is 0. The molecular weight excluding hydrogens is 306 g/mol. The highest BCUT2D eigenvalue weighted by Crippen LogP contribution is 2.16. The van der Waals surface area contributed by atoms with Gasteiger partial charge in [-0.1, -0.05) is 35.0 Å². The lowest BCUT2D eigenvalue weighted by molar-refractivity contribution is -0.134. The molecule has 1 saturated heterocycles. The Morgan fingerprint density at radius 3 is 2.46 bits per heavy atom. The van der Waals surface area contributed by atoms with Crippen molar-refractivity contribution in [1.29, 1.82) is 0 Å². The van der Waals surface area contributed by atoms with Gasteiger partial charge in [0, 0.05) is 33.1 Å². The lowest BCUT2D eigenvalue weighted by Gasteiger charge is -2.35. The average molecular weight is 329 g/mol. The van der Waals surface area contributed by atoms with Crippen LogP contribution in [0.15, 0.2) is 28.8 Å². The molecule has 7 heteroatoms. The molecule has 3 rings (SSSR count). The van der Waals surface area contributed by atoms with E-state index < -0.39 is 6.04 Å². The zero-order chi connectivity index (χ0) is 17.1. The summed E-state index contributed by atoms with van der Waals surface area (Å²) < 4.78 is 4.99. The summed E-state index contributed by atoms with van der Waals surface area (Å²) >= 11 is 0. The van der Waals surface area contributed by atoms with Crippen molar-refractivity contribution in [2.75, 3.05) is 26.2 Å². The minimum Gasteiger partial charge on any atom is -0.340 e. The molecule has 24 heavy (non-hydrogen) atoms. The summed E-state index contributed by atoms with van der Waals surface area (Å²) in [4.78, 5) is 20.9. The van der Waals surface area contributed by atoms with Crippen molar-refractivity contribution in [2.45, 2.75) is 26.4 Å². The Morgan fingerprint density at radius 1 is 1.21 bits per heavy atom. The zero-order valence-corrected chi connectivity index (χ0v) is 14.1. The van der Waals surface area contributed by atoms with E-state index in [4.69, 9.17) is 10.3 Å². The van der Waals surface area contributed by atoms with Gasteiger partial charge in [-0.2, -0.15) is 4.98 Å². The maximum absolute atomic E-state index is 12.6. The summed E-state index contributed by atoms with van der Waals surface area (Å²) in [5, 5.41) is 3.91. The Labute approximate surface area is 141 Å². The van der Waals surface area contributed by atoms with Crippen molar-refractivity contribution >= 4 is 5.91 Å². The fourth-order valence-corrected chi connectivity index (χ4v) is 2.84. The molecule has 2 aromatic rings. The van der Waals surface area contributed by atoms with Crippen molar-refractivity contribution in [3.8, 4) is 0 Å². The van der Waals surface area contributed by atoms with Gasteiger partial charge in [-0.05, 0) is 12.5 Å². The first-order valence-electron chi connectivity index (χ1n) is 8.15. The van der Waals surface area contributed by atoms with Gasteiger partial charge in [0.15, 0.2) is 5.82 Å². The molecule has 0 bridgehead atoms. The Balaban J connectivity index is 1.53. The van der Waals surface area contributed by atoms with Gasteiger partial charge < -0.3 is 15.2 Å². The number of rotatable bonds is 4. The standard InChI is InChI=1S/C17H23N5O2/c1-12-3-5-14(6-4-12)16(18)17(23)22-9-7-21(8-10-22)11-15-19-13(2)24-20-15/h3-6,16H,7-11,18H2,1-2H3. The van der Waals surface area contributed by atoms with Crippen LogP contribution in [0.4, 0.5) is 0 Å². The van der Waals surface area contributed by atoms with E-state index in [2.05, 4.69) is 15.0 Å². The van der Waals surface area contributed by atoms with Crippen LogP contribution in [0.2, 0.25) is 0 Å². The highest BCUT2D eigenvalue weighted by atomic mass is 16.5. The summed E-state index contributed by atoms with van der Waals surface area (Å²) in [6.45, 7) is 7.31. The molecule has 1 aromatic heterocycles. The molecule has 2 N–H and O–H groups in total. The largest absolute Gasteiger partial charge is 0.340 e. The summed E-state index contributed by atoms with van der Waals surface area (Å²) in [6, 6.07) is 7.21. The molecule has 0 spiro atoms. The van der Waals surface area contributed by atoms with Crippen LogP contribution >= 0.6 is 0 Å². The predicted octanol–water partition coefficient (Wildman–Crippen LogP) is 1.03. The molecule has 1 aliphatic heterocycles. The van der Waals surface area contributed by atoms with Crippen molar-refractivity contribution in [1.82, 2.24) is 19.9 Å². The lowest BCUT2D eigenvalue weighted by atomic mass is 10.0.